The van der Waals surface area contributed by atoms with E-state index in [1.807, 2.05) is 48.5 Å². The molecule has 1 atom stereocenters. The lowest BCUT2D eigenvalue weighted by Crippen LogP contribution is -2.07. The van der Waals surface area contributed by atoms with Gasteiger partial charge in [-0.05, 0) is 36.4 Å². The Morgan fingerprint density at radius 1 is 1.04 bits per heavy atom. The highest BCUT2D eigenvalue weighted by atomic mass is 31.1. The van der Waals surface area contributed by atoms with Crippen LogP contribution < -0.4 is 15.3 Å². The number of benzene rings is 2. The molecule has 2 heterocycles. The van der Waals surface area contributed by atoms with Crippen molar-refractivity contribution in [3.8, 4) is 5.75 Å². The zero-order chi connectivity index (χ0) is 15.8. The van der Waals surface area contributed by atoms with Crippen molar-refractivity contribution >= 4 is 40.5 Å². The summed E-state index contributed by atoms with van der Waals surface area (Å²) in [5.41, 5.74) is 1.95. The number of aromatic nitrogens is 1. The van der Waals surface area contributed by atoms with E-state index in [0.717, 1.165) is 16.2 Å². The Morgan fingerprint density at radius 3 is 2.65 bits per heavy atom. The Morgan fingerprint density at radius 2 is 1.87 bits per heavy atom. The molecule has 0 bridgehead atoms. The van der Waals surface area contributed by atoms with Crippen LogP contribution in [0.5, 0.6) is 5.75 Å². The number of pyridine rings is 1. The maximum Gasteiger partial charge on any atom is 0.419 e. The molecule has 2 aromatic carbocycles. The first-order chi connectivity index (χ1) is 11.3. The van der Waals surface area contributed by atoms with Gasteiger partial charge in [0.25, 0.3) is 0 Å². The molecule has 4 nitrogen and oxygen atoms in total. The Labute approximate surface area is 133 Å². The Kier molecular flexibility index (Phi) is 3.32. The summed E-state index contributed by atoms with van der Waals surface area (Å²) in [4.78, 5) is 4.38. The summed E-state index contributed by atoms with van der Waals surface area (Å²) in [6.45, 7) is 0. The first-order valence-electron chi connectivity index (χ1n) is 7.16. The van der Waals surface area contributed by atoms with Gasteiger partial charge in [0.15, 0.2) is 16.5 Å². The van der Waals surface area contributed by atoms with Gasteiger partial charge in [-0.1, -0.05) is 22.8 Å². The van der Waals surface area contributed by atoms with Gasteiger partial charge in [0.2, 0.25) is 5.30 Å². The monoisotopic (exact) mass is 322 g/mol. The molecule has 0 N–H and O–H groups in total. The van der Waals surface area contributed by atoms with Gasteiger partial charge >= 0.3 is 7.80 Å². The average molecular weight is 322 g/mol. The predicted molar refractivity (Wildman–Crippen MR) is 91.4 cm³/mol. The lowest BCUT2D eigenvalue weighted by molar-refractivity contribution is 0.420. The second kappa shape index (κ2) is 5.49. The topological polar surface area (TPSA) is 52.3 Å². The number of hydrogen-bond donors (Lipinski definition) is 0. The summed E-state index contributed by atoms with van der Waals surface area (Å²) >= 11 is 0. The standard InChI is InChI=1S/C18H13NO3P/c1-21-13-9-10-15(23(20)12-6-3-2-4-7-12)18-16(13)17-14(22-18)8-5-11-19-17/h2-11H,1H3/q+1. The second-order valence-electron chi connectivity index (χ2n) is 5.07. The molecular weight excluding hydrogens is 309 g/mol. The highest BCUT2D eigenvalue weighted by molar-refractivity contribution is 7.62. The van der Waals surface area contributed by atoms with Crippen LogP contribution in [0.2, 0.25) is 0 Å². The van der Waals surface area contributed by atoms with Crippen molar-refractivity contribution in [1.82, 2.24) is 4.98 Å². The van der Waals surface area contributed by atoms with E-state index in [2.05, 4.69) is 4.98 Å². The van der Waals surface area contributed by atoms with Gasteiger partial charge in [-0.2, -0.15) is 0 Å². The fourth-order valence-electron chi connectivity index (χ4n) is 2.68. The fourth-order valence-corrected chi connectivity index (χ4v) is 3.96. The van der Waals surface area contributed by atoms with Crippen LogP contribution in [0.15, 0.2) is 65.2 Å². The summed E-state index contributed by atoms with van der Waals surface area (Å²) in [6.07, 6.45) is 1.71. The number of furan rings is 1. The Hall–Kier alpha value is -2.71. The highest BCUT2D eigenvalue weighted by Crippen LogP contribution is 2.36. The summed E-state index contributed by atoms with van der Waals surface area (Å²) in [5.74, 6) is 0.665. The molecule has 4 rings (SSSR count). The molecule has 2 aromatic heterocycles. The van der Waals surface area contributed by atoms with Crippen LogP contribution in [0.3, 0.4) is 0 Å². The largest absolute Gasteiger partial charge is 0.496 e. The van der Waals surface area contributed by atoms with Gasteiger partial charge in [0.1, 0.15) is 11.3 Å². The Bertz CT molecular complexity index is 1020. The zero-order valence-electron chi connectivity index (χ0n) is 12.4. The van der Waals surface area contributed by atoms with Gasteiger partial charge in [-0.15, -0.1) is 0 Å². The van der Waals surface area contributed by atoms with Crippen molar-refractivity contribution < 1.29 is 13.7 Å². The van der Waals surface area contributed by atoms with E-state index in [9.17, 15) is 4.57 Å². The molecule has 0 amide bonds. The average Bonchev–Trinajstić information content (AvgIpc) is 3.01. The van der Waals surface area contributed by atoms with E-state index in [0.29, 0.717) is 22.2 Å². The Balaban J connectivity index is 2.03. The van der Waals surface area contributed by atoms with Crippen molar-refractivity contribution in [1.29, 1.82) is 0 Å². The molecule has 0 saturated carbocycles. The fraction of sp³-hybridized carbons (Fsp3) is 0.0556. The number of hydrogen-bond acceptors (Lipinski definition) is 4. The first-order valence-corrected chi connectivity index (χ1v) is 8.42. The minimum atomic E-state index is -1.75. The third kappa shape index (κ3) is 2.19. The van der Waals surface area contributed by atoms with Crippen molar-refractivity contribution in [2.24, 2.45) is 0 Å². The number of nitrogens with zero attached hydrogens (tertiary/aromatic N) is 1. The van der Waals surface area contributed by atoms with Crippen LogP contribution in [0.1, 0.15) is 0 Å². The molecule has 0 spiro atoms. The van der Waals surface area contributed by atoms with Crippen molar-refractivity contribution in [2.75, 3.05) is 7.11 Å². The maximum atomic E-state index is 13.0. The summed E-state index contributed by atoms with van der Waals surface area (Å²) in [6, 6.07) is 16.7. The molecular formula is C18H13NO3P+. The lowest BCUT2D eigenvalue weighted by atomic mass is 10.2. The van der Waals surface area contributed by atoms with Gasteiger partial charge in [0, 0.05) is 6.20 Å². The molecule has 0 saturated heterocycles. The van der Waals surface area contributed by atoms with E-state index in [-0.39, 0.29) is 0 Å². The molecule has 1 unspecified atom stereocenters. The predicted octanol–water partition coefficient (Wildman–Crippen LogP) is 3.77. The molecule has 0 aliphatic carbocycles. The van der Waals surface area contributed by atoms with E-state index in [1.165, 1.54) is 0 Å². The van der Waals surface area contributed by atoms with Crippen molar-refractivity contribution in [3.63, 3.8) is 0 Å². The van der Waals surface area contributed by atoms with Crippen LogP contribution in [0.25, 0.3) is 22.1 Å². The third-order valence-corrected chi connectivity index (χ3v) is 5.30. The summed E-state index contributed by atoms with van der Waals surface area (Å²) < 4.78 is 24.3. The minimum Gasteiger partial charge on any atom is -0.496 e. The van der Waals surface area contributed by atoms with Gasteiger partial charge < -0.3 is 9.15 Å². The van der Waals surface area contributed by atoms with Crippen LogP contribution >= 0.6 is 7.80 Å². The number of fused-ring (bicyclic) bond motifs is 3. The van der Waals surface area contributed by atoms with E-state index >= 15 is 0 Å². The summed E-state index contributed by atoms with van der Waals surface area (Å²) in [5, 5.41) is 2.18. The van der Waals surface area contributed by atoms with Gasteiger partial charge in [-0.3, -0.25) is 4.98 Å². The molecule has 23 heavy (non-hydrogen) atoms. The molecule has 5 heteroatoms. The van der Waals surface area contributed by atoms with E-state index in [1.54, 1.807) is 19.4 Å². The SMILES string of the molecule is COc1ccc([P+](=O)c2ccccc2)c2oc3cccnc3c12. The minimum absolute atomic E-state index is 0.572. The molecule has 0 aliphatic heterocycles. The number of methoxy groups -OCH3 is 1. The quantitative estimate of drug-likeness (QED) is 0.539. The molecule has 4 aromatic rings. The molecule has 112 valence electrons. The van der Waals surface area contributed by atoms with E-state index in [4.69, 9.17) is 9.15 Å². The lowest BCUT2D eigenvalue weighted by Gasteiger charge is -2.00. The van der Waals surface area contributed by atoms with Gasteiger partial charge in [-0.25, -0.2) is 0 Å². The molecule has 0 radical (unpaired) electrons. The van der Waals surface area contributed by atoms with Gasteiger partial charge in [0.05, 0.1) is 12.5 Å². The van der Waals surface area contributed by atoms with Crippen LogP contribution in [0, 0.1) is 0 Å². The van der Waals surface area contributed by atoms with Crippen LogP contribution in [-0.2, 0) is 4.57 Å². The maximum absolute atomic E-state index is 13.0. The van der Waals surface area contributed by atoms with Crippen LogP contribution in [-0.4, -0.2) is 12.1 Å². The van der Waals surface area contributed by atoms with Crippen LogP contribution in [0.4, 0.5) is 0 Å². The second-order valence-corrected chi connectivity index (χ2v) is 6.66. The third-order valence-electron chi connectivity index (χ3n) is 3.75. The summed E-state index contributed by atoms with van der Waals surface area (Å²) in [7, 11) is -0.147. The first kappa shape index (κ1) is 13.9. The van der Waals surface area contributed by atoms with E-state index < -0.39 is 7.80 Å². The number of ether oxygens (including phenoxy) is 1. The number of rotatable bonds is 3. The highest BCUT2D eigenvalue weighted by Gasteiger charge is 2.30. The molecule has 0 fully saturated rings. The van der Waals surface area contributed by atoms with Crippen molar-refractivity contribution in [2.45, 2.75) is 0 Å². The zero-order valence-corrected chi connectivity index (χ0v) is 13.3. The molecule has 0 aliphatic rings. The smallest absolute Gasteiger partial charge is 0.419 e. The van der Waals surface area contributed by atoms with Crippen molar-refractivity contribution in [3.05, 3.63) is 60.8 Å². The normalized spacial score (nSPS) is 11.8.